The van der Waals surface area contributed by atoms with Crippen LogP contribution in [0.3, 0.4) is 0 Å². The zero-order chi connectivity index (χ0) is 14.5. The topological polar surface area (TPSA) is 51.2 Å². The molecule has 1 atom stereocenters. The summed E-state index contributed by atoms with van der Waals surface area (Å²) in [6.45, 7) is 1.64. The van der Waals surface area contributed by atoms with Gasteiger partial charge in [0.1, 0.15) is 11.6 Å². The number of nitrogens with zero attached hydrogens (tertiary/aromatic N) is 1. The molecule has 20 heavy (non-hydrogen) atoms. The minimum atomic E-state index is -0.675. The molecule has 0 spiro atoms. The number of nitrogens with one attached hydrogen (secondary N) is 1. The summed E-state index contributed by atoms with van der Waals surface area (Å²) in [7, 11) is 0. The maximum Gasteiger partial charge on any atom is 0.266 e. The highest BCUT2D eigenvalue weighted by Gasteiger charge is 2.15. The van der Waals surface area contributed by atoms with Gasteiger partial charge in [-0.25, -0.2) is 4.98 Å². The number of hydrogen-bond donors (Lipinski definition) is 1. The van der Waals surface area contributed by atoms with E-state index in [4.69, 9.17) is 27.9 Å². The maximum absolute atomic E-state index is 11.9. The molecule has 1 N–H and O–H groups in total. The molecule has 104 valence electrons. The molecule has 0 saturated heterocycles. The molecule has 2 aromatic rings. The Hall–Kier alpha value is -1.78. The largest absolute Gasteiger partial charge is 0.481 e. The van der Waals surface area contributed by atoms with E-state index < -0.39 is 6.10 Å². The smallest absolute Gasteiger partial charge is 0.266 e. The zero-order valence-corrected chi connectivity index (χ0v) is 12.2. The van der Waals surface area contributed by atoms with E-state index in [9.17, 15) is 4.79 Å². The second-order valence-electron chi connectivity index (χ2n) is 4.07. The molecule has 2 rings (SSSR count). The van der Waals surface area contributed by atoms with Crippen molar-refractivity contribution in [1.82, 2.24) is 4.98 Å². The quantitative estimate of drug-likeness (QED) is 0.934. The first-order valence-electron chi connectivity index (χ1n) is 5.89. The van der Waals surface area contributed by atoms with Gasteiger partial charge in [-0.05, 0) is 37.3 Å². The highest BCUT2D eigenvalue weighted by Crippen LogP contribution is 2.18. The average Bonchev–Trinajstić information content (AvgIpc) is 2.41. The fourth-order valence-electron chi connectivity index (χ4n) is 1.48. The molecule has 1 aromatic carbocycles. The number of ether oxygens (including phenoxy) is 1. The van der Waals surface area contributed by atoms with Gasteiger partial charge in [-0.15, -0.1) is 0 Å². The Balaban J connectivity index is 1.96. The summed E-state index contributed by atoms with van der Waals surface area (Å²) in [5.74, 6) is 0.643. The minimum absolute atomic E-state index is 0.306. The van der Waals surface area contributed by atoms with Gasteiger partial charge in [0, 0.05) is 11.2 Å². The molecule has 0 radical (unpaired) electrons. The number of carbonyl (C=O) groups is 1. The second kappa shape index (κ2) is 6.59. The van der Waals surface area contributed by atoms with Crippen molar-refractivity contribution in [3.63, 3.8) is 0 Å². The summed E-state index contributed by atoms with van der Waals surface area (Å²) in [5, 5.41) is 3.69. The molecular weight excluding hydrogens is 299 g/mol. The lowest BCUT2D eigenvalue weighted by Gasteiger charge is -2.14. The van der Waals surface area contributed by atoms with Crippen LogP contribution in [-0.2, 0) is 4.79 Å². The van der Waals surface area contributed by atoms with E-state index in [2.05, 4.69) is 10.3 Å². The predicted octanol–water partition coefficient (Wildman–Crippen LogP) is 3.79. The van der Waals surface area contributed by atoms with Crippen molar-refractivity contribution in [2.24, 2.45) is 0 Å². The van der Waals surface area contributed by atoms with Gasteiger partial charge in [0.25, 0.3) is 5.91 Å². The van der Waals surface area contributed by atoms with E-state index in [-0.39, 0.29) is 5.91 Å². The van der Waals surface area contributed by atoms with Crippen LogP contribution in [0.15, 0.2) is 42.6 Å². The standard InChI is InChI=1S/C14H12Cl2N2O2/c1-9(20-12-4-2-3-10(15)7-12)14(19)18-13-6-5-11(16)8-17-13/h2-9H,1H3,(H,17,18,19)/t9-/m1/s1. The molecule has 1 aromatic heterocycles. The van der Waals surface area contributed by atoms with E-state index in [0.717, 1.165) is 0 Å². The van der Waals surface area contributed by atoms with Crippen LogP contribution in [-0.4, -0.2) is 17.0 Å². The van der Waals surface area contributed by atoms with E-state index in [1.165, 1.54) is 6.20 Å². The Morgan fingerprint density at radius 2 is 2.05 bits per heavy atom. The molecule has 0 aliphatic heterocycles. The van der Waals surface area contributed by atoms with Crippen molar-refractivity contribution in [3.8, 4) is 5.75 Å². The van der Waals surface area contributed by atoms with Gasteiger partial charge in [-0.1, -0.05) is 29.3 Å². The van der Waals surface area contributed by atoms with Gasteiger partial charge in [-0.3, -0.25) is 4.79 Å². The maximum atomic E-state index is 11.9. The summed E-state index contributed by atoms with van der Waals surface area (Å²) >= 11 is 11.6. The van der Waals surface area contributed by atoms with Crippen LogP contribution < -0.4 is 10.1 Å². The third kappa shape index (κ3) is 4.11. The summed E-state index contributed by atoms with van der Waals surface area (Å²) < 4.78 is 5.50. The first-order valence-corrected chi connectivity index (χ1v) is 6.65. The normalized spacial score (nSPS) is 11.8. The molecule has 0 saturated carbocycles. The lowest BCUT2D eigenvalue weighted by Crippen LogP contribution is -2.30. The first-order chi connectivity index (χ1) is 9.54. The van der Waals surface area contributed by atoms with Gasteiger partial charge in [0.2, 0.25) is 0 Å². The number of carbonyl (C=O) groups excluding carboxylic acids is 1. The Kier molecular flexibility index (Phi) is 4.82. The summed E-state index contributed by atoms with van der Waals surface area (Å²) in [6, 6.07) is 10.1. The van der Waals surface area contributed by atoms with Gasteiger partial charge < -0.3 is 10.1 Å². The fourth-order valence-corrected chi connectivity index (χ4v) is 1.77. The number of aromatic nitrogens is 1. The molecule has 1 heterocycles. The van der Waals surface area contributed by atoms with E-state index in [0.29, 0.717) is 21.6 Å². The number of pyridine rings is 1. The SMILES string of the molecule is C[C@@H](Oc1cccc(Cl)c1)C(=O)Nc1ccc(Cl)cn1. The Bertz CT molecular complexity index is 602. The van der Waals surface area contributed by atoms with Crippen LogP contribution in [0.5, 0.6) is 5.75 Å². The third-order valence-corrected chi connectivity index (χ3v) is 2.92. The Morgan fingerprint density at radius 3 is 2.70 bits per heavy atom. The average molecular weight is 311 g/mol. The molecule has 4 nitrogen and oxygen atoms in total. The lowest BCUT2D eigenvalue weighted by atomic mass is 10.3. The molecule has 0 aliphatic carbocycles. The van der Waals surface area contributed by atoms with Crippen molar-refractivity contribution < 1.29 is 9.53 Å². The van der Waals surface area contributed by atoms with Crippen LogP contribution in [0.4, 0.5) is 5.82 Å². The second-order valence-corrected chi connectivity index (χ2v) is 4.94. The number of amides is 1. The Labute approximate surface area is 126 Å². The summed E-state index contributed by atoms with van der Waals surface area (Å²) in [4.78, 5) is 15.9. The molecule has 0 aliphatic rings. The number of rotatable bonds is 4. The number of halogens is 2. The number of hydrogen-bond acceptors (Lipinski definition) is 3. The third-order valence-electron chi connectivity index (χ3n) is 2.46. The van der Waals surface area contributed by atoms with Gasteiger partial charge in [0.15, 0.2) is 6.10 Å². The molecule has 1 amide bonds. The molecular formula is C14H12Cl2N2O2. The van der Waals surface area contributed by atoms with Crippen LogP contribution >= 0.6 is 23.2 Å². The molecule has 0 bridgehead atoms. The molecule has 6 heteroatoms. The molecule has 0 unspecified atom stereocenters. The Morgan fingerprint density at radius 1 is 1.25 bits per heavy atom. The fraction of sp³-hybridized carbons (Fsp3) is 0.143. The van der Waals surface area contributed by atoms with Crippen LogP contribution in [0.2, 0.25) is 10.0 Å². The van der Waals surface area contributed by atoms with Crippen molar-refractivity contribution in [3.05, 3.63) is 52.6 Å². The van der Waals surface area contributed by atoms with Crippen LogP contribution in [0.1, 0.15) is 6.92 Å². The monoisotopic (exact) mass is 310 g/mol. The first kappa shape index (κ1) is 14.6. The summed E-state index contributed by atoms with van der Waals surface area (Å²) in [6.07, 6.45) is 0.783. The van der Waals surface area contributed by atoms with Crippen molar-refractivity contribution in [1.29, 1.82) is 0 Å². The van der Waals surface area contributed by atoms with Crippen LogP contribution in [0.25, 0.3) is 0 Å². The van der Waals surface area contributed by atoms with E-state index >= 15 is 0 Å². The minimum Gasteiger partial charge on any atom is -0.481 e. The lowest BCUT2D eigenvalue weighted by molar-refractivity contribution is -0.122. The number of benzene rings is 1. The zero-order valence-electron chi connectivity index (χ0n) is 10.6. The van der Waals surface area contributed by atoms with Gasteiger partial charge in [0.05, 0.1) is 5.02 Å². The van der Waals surface area contributed by atoms with Crippen molar-refractivity contribution in [2.75, 3.05) is 5.32 Å². The van der Waals surface area contributed by atoms with E-state index in [1.807, 2.05) is 0 Å². The number of anilines is 1. The highest BCUT2D eigenvalue weighted by atomic mass is 35.5. The van der Waals surface area contributed by atoms with Crippen molar-refractivity contribution >= 4 is 34.9 Å². The van der Waals surface area contributed by atoms with Gasteiger partial charge in [-0.2, -0.15) is 0 Å². The van der Waals surface area contributed by atoms with E-state index in [1.54, 1.807) is 43.3 Å². The highest BCUT2D eigenvalue weighted by molar-refractivity contribution is 6.30. The van der Waals surface area contributed by atoms with Gasteiger partial charge >= 0.3 is 0 Å². The predicted molar refractivity (Wildman–Crippen MR) is 79.4 cm³/mol. The van der Waals surface area contributed by atoms with Crippen LogP contribution in [0, 0.1) is 0 Å². The van der Waals surface area contributed by atoms with Crippen molar-refractivity contribution in [2.45, 2.75) is 13.0 Å². The summed E-state index contributed by atoms with van der Waals surface area (Å²) in [5.41, 5.74) is 0. The molecule has 0 fully saturated rings.